The van der Waals surface area contributed by atoms with Crippen LogP contribution < -0.4 is 5.73 Å². The highest BCUT2D eigenvalue weighted by Gasteiger charge is 2.05. The van der Waals surface area contributed by atoms with Gasteiger partial charge in [0.25, 0.3) is 0 Å². The van der Waals surface area contributed by atoms with Crippen LogP contribution in [0.25, 0.3) is 11.0 Å². The lowest BCUT2D eigenvalue weighted by Crippen LogP contribution is -2.10. The van der Waals surface area contributed by atoms with Crippen LogP contribution in [0.1, 0.15) is 11.3 Å². The Morgan fingerprint density at radius 1 is 1.28 bits per heavy atom. The van der Waals surface area contributed by atoms with Gasteiger partial charge >= 0.3 is 0 Å². The van der Waals surface area contributed by atoms with Crippen molar-refractivity contribution in [3.05, 3.63) is 35.6 Å². The average molecular weight is 264 g/mol. The van der Waals surface area contributed by atoms with E-state index in [1.165, 1.54) is 10.9 Å². The summed E-state index contributed by atoms with van der Waals surface area (Å²) in [5.74, 6) is 2.91. The van der Waals surface area contributed by atoms with E-state index in [4.69, 9.17) is 10.2 Å². The van der Waals surface area contributed by atoms with Crippen LogP contribution in [-0.2, 0) is 12.3 Å². The minimum Gasteiger partial charge on any atom is -0.460 e. The third kappa shape index (κ3) is 3.51. The van der Waals surface area contributed by atoms with E-state index in [1.54, 1.807) is 0 Å². The van der Waals surface area contributed by atoms with Crippen LogP contribution in [-0.4, -0.2) is 31.3 Å². The summed E-state index contributed by atoms with van der Waals surface area (Å²) in [6.07, 6.45) is 0. The van der Waals surface area contributed by atoms with Crippen molar-refractivity contribution in [2.45, 2.75) is 12.3 Å². The lowest BCUT2D eigenvalue weighted by molar-refractivity contribution is 0.402. The van der Waals surface area contributed by atoms with Gasteiger partial charge in [-0.05, 0) is 37.9 Å². The third-order valence-electron chi connectivity index (χ3n) is 2.64. The van der Waals surface area contributed by atoms with Gasteiger partial charge in [-0.1, -0.05) is 6.07 Å². The Kier molecular flexibility index (Phi) is 4.69. The van der Waals surface area contributed by atoms with Crippen molar-refractivity contribution in [2.24, 2.45) is 5.73 Å². The SMILES string of the molecule is CN(C)Cc1ccc2oc(CSCCN)cc2c1. The second-order valence-corrected chi connectivity index (χ2v) is 5.77. The van der Waals surface area contributed by atoms with E-state index in [9.17, 15) is 0 Å². The van der Waals surface area contributed by atoms with Gasteiger partial charge in [-0.25, -0.2) is 0 Å². The second-order valence-electron chi connectivity index (χ2n) is 4.66. The van der Waals surface area contributed by atoms with Crippen LogP contribution >= 0.6 is 11.8 Å². The molecule has 2 N–H and O–H groups in total. The maximum atomic E-state index is 5.80. The Morgan fingerprint density at radius 3 is 2.83 bits per heavy atom. The normalized spacial score (nSPS) is 11.6. The number of rotatable bonds is 6. The van der Waals surface area contributed by atoms with E-state index in [-0.39, 0.29) is 0 Å². The lowest BCUT2D eigenvalue weighted by Gasteiger charge is -2.08. The fourth-order valence-electron chi connectivity index (χ4n) is 1.94. The molecule has 1 aromatic carbocycles. The van der Waals surface area contributed by atoms with Crippen LogP contribution in [0, 0.1) is 0 Å². The van der Waals surface area contributed by atoms with Crippen LogP contribution in [0.2, 0.25) is 0 Å². The summed E-state index contributed by atoms with van der Waals surface area (Å²) in [6, 6.07) is 8.53. The Hall–Kier alpha value is -0.970. The molecule has 0 spiro atoms. The summed E-state index contributed by atoms with van der Waals surface area (Å²) in [5.41, 5.74) is 7.77. The minimum absolute atomic E-state index is 0.720. The first-order valence-electron chi connectivity index (χ1n) is 6.13. The predicted octanol–water partition coefficient (Wildman–Crippen LogP) is 2.69. The fourth-order valence-corrected chi connectivity index (χ4v) is 2.59. The van der Waals surface area contributed by atoms with Gasteiger partial charge in [0, 0.05) is 24.2 Å². The van der Waals surface area contributed by atoms with Crippen LogP contribution in [0.4, 0.5) is 0 Å². The van der Waals surface area contributed by atoms with E-state index in [2.05, 4.69) is 43.3 Å². The molecule has 0 aliphatic heterocycles. The molecule has 1 heterocycles. The van der Waals surface area contributed by atoms with Crippen LogP contribution in [0.15, 0.2) is 28.7 Å². The Morgan fingerprint density at radius 2 is 2.11 bits per heavy atom. The van der Waals surface area contributed by atoms with Crippen molar-refractivity contribution in [1.29, 1.82) is 0 Å². The highest BCUT2D eigenvalue weighted by molar-refractivity contribution is 7.98. The van der Waals surface area contributed by atoms with Crippen molar-refractivity contribution in [3.63, 3.8) is 0 Å². The van der Waals surface area contributed by atoms with Gasteiger partial charge in [-0.15, -0.1) is 0 Å². The van der Waals surface area contributed by atoms with Gasteiger partial charge in [0.05, 0.1) is 5.75 Å². The topological polar surface area (TPSA) is 42.4 Å². The van der Waals surface area contributed by atoms with Crippen molar-refractivity contribution < 1.29 is 4.42 Å². The van der Waals surface area contributed by atoms with E-state index in [0.717, 1.165) is 35.9 Å². The minimum atomic E-state index is 0.720. The average Bonchev–Trinajstić information content (AvgIpc) is 2.70. The van der Waals surface area contributed by atoms with Crippen molar-refractivity contribution >= 4 is 22.7 Å². The molecule has 4 heteroatoms. The first-order chi connectivity index (χ1) is 8.69. The first kappa shape index (κ1) is 13.5. The maximum absolute atomic E-state index is 5.80. The molecule has 0 fully saturated rings. The molecule has 2 aromatic rings. The fraction of sp³-hybridized carbons (Fsp3) is 0.429. The molecule has 0 saturated carbocycles. The van der Waals surface area contributed by atoms with Gasteiger partial charge < -0.3 is 15.1 Å². The summed E-state index contributed by atoms with van der Waals surface area (Å²) < 4.78 is 5.80. The maximum Gasteiger partial charge on any atom is 0.134 e. The molecule has 0 unspecified atom stereocenters. The zero-order chi connectivity index (χ0) is 13.0. The highest BCUT2D eigenvalue weighted by Crippen LogP contribution is 2.24. The van der Waals surface area contributed by atoms with Crippen molar-refractivity contribution in [3.8, 4) is 0 Å². The number of thioether (sulfide) groups is 1. The molecule has 18 heavy (non-hydrogen) atoms. The Labute approximate surface area is 112 Å². The second kappa shape index (κ2) is 6.27. The molecular formula is C14H20N2OS. The summed E-state index contributed by atoms with van der Waals surface area (Å²) in [6.45, 7) is 1.68. The number of nitrogens with zero attached hydrogens (tertiary/aromatic N) is 1. The van der Waals surface area contributed by atoms with E-state index >= 15 is 0 Å². The highest BCUT2D eigenvalue weighted by atomic mass is 32.2. The molecule has 0 saturated heterocycles. The van der Waals surface area contributed by atoms with Crippen molar-refractivity contribution in [2.75, 3.05) is 26.4 Å². The summed E-state index contributed by atoms with van der Waals surface area (Å²) in [5, 5.41) is 1.19. The number of benzene rings is 1. The Bertz CT molecular complexity index is 507. The smallest absolute Gasteiger partial charge is 0.134 e. The molecule has 0 aliphatic rings. The molecule has 0 amide bonds. The predicted molar refractivity (Wildman–Crippen MR) is 78.8 cm³/mol. The number of furan rings is 1. The van der Waals surface area contributed by atoms with Gasteiger partial charge in [-0.3, -0.25) is 0 Å². The zero-order valence-corrected chi connectivity index (χ0v) is 11.8. The molecule has 0 atom stereocenters. The van der Waals surface area contributed by atoms with Crippen LogP contribution in [0.5, 0.6) is 0 Å². The van der Waals surface area contributed by atoms with E-state index in [0.29, 0.717) is 0 Å². The number of fused-ring (bicyclic) bond motifs is 1. The van der Waals surface area contributed by atoms with E-state index in [1.807, 2.05) is 11.8 Å². The number of hydrogen-bond acceptors (Lipinski definition) is 4. The van der Waals surface area contributed by atoms with Gasteiger partial charge in [-0.2, -0.15) is 11.8 Å². The van der Waals surface area contributed by atoms with E-state index < -0.39 is 0 Å². The summed E-state index contributed by atoms with van der Waals surface area (Å²) in [4.78, 5) is 2.17. The number of hydrogen-bond donors (Lipinski definition) is 1. The van der Waals surface area contributed by atoms with Crippen molar-refractivity contribution in [1.82, 2.24) is 4.90 Å². The third-order valence-corrected chi connectivity index (χ3v) is 3.65. The van der Waals surface area contributed by atoms with Gasteiger partial charge in [0.2, 0.25) is 0 Å². The number of nitrogens with two attached hydrogens (primary N) is 1. The molecule has 2 rings (SSSR count). The first-order valence-corrected chi connectivity index (χ1v) is 7.28. The molecule has 98 valence electrons. The molecule has 1 aromatic heterocycles. The largest absolute Gasteiger partial charge is 0.460 e. The molecular weight excluding hydrogens is 244 g/mol. The Balaban J connectivity index is 2.12. The standard InChI is InChI=1S/C14H20N2OS/c1-16(2)9-11-3-4-14-12(7-11)8-13(17-14)10-18-6-5-15/h3-4,7-8H,5-6,9-10,15H2,1-2H3. The molecule has 0 aliphatic carbocycles. The molecule has 3 nitrogen and oxygen atoms in total. The summed E-state index contributed by atoms with van der Waals surface area (Å²) >= 11 is 1.81. The lowest BCUT2D eigenvalue weighted by atomic mass is 10.1. The van der Waals surface area contributed by atoms with Gasteiger partial charge in [0.1, 0.15) is 11.3 Å². The summed E-state index contributed by atoms with van der Waals surface area (Å²) in [7, 11) is 4.16. The van der Waals surface area contributed by atoms with Crippen LogP contribution in [0.3, 0.4) is 0 Å². The monoisotopic (exact) mass is 264 g/mol. The molecule has 0 radical (unpaired) electrons. The zero-order valence-electron chi connectivity index (χ0n) is 11.0. The molecule has 0 bridgehead atoms. The van der Waals surface area contributed by atoms with Gasteiger partial charge in [0.15, 0.2) is 0 Å². The quantitative estimate of drug-likeness (QED) is 0.815.